The van der Waals surface area contributed by atoms with E-state index in [4.69, 9.17) is 4.74 Å². The lowest BCUT2D eigenvalue weighted by atomic mass is 10.1. The lowest BCUT2D eigenvalue weighted by Crippen LogP contribution is -2.36. The van der Waals surface area contributed by atoms with Crippen LogP contribution in [0.2, 0.25) is 0 Å². The molecular formula is C12H17NO3. The number of nitrogens with one attached hydrogen (secondary N) is 1. The fourth-order valence-corrected chi connectivity index (χ4v) is 1.09. The van der Waals surface area contributed by atoms with Gasteiger partial charge in [0.2, 0.25) is 0 Å². The van der Waals surface area contributed by atoms with Crippen LogP contribution in [0.3, 0.4) is 0 Å². The number of amides is 1. The van der Waals surface area contributed by atoms with Gasteiger partial charge in [-0.2, -0.15) is 0 Å². The minimum absolute atomic E-state index is 0.434. The molecule has 16 heavy (non-hydrogen) atoms. The van der Waals surface area contributed by atoms with Gasteiger partial charge in [0.1, 0.15) is 11.4 Å². The molecule has 0 aromatic heterocycles. The number of carbonyl (C=O) groups is 1. The predicted molar refractivity (Wildman–Crippen MR) is 62.5 cm³/mol. The molecule has 0 saturated heterocycles. The van der Waals surface area contributed by atoms with E-state index < -0.39 is 11.5 Å². The highest BCUT2D eigenvalue weighted by Crippen LogP contribution is 2.16. The summed E-state index contributed by atoms with van der Waals surface area (Å²) in [7, 11) is 0. The van der Waals surface area contributed by atoms with E-state index in [1.54, 1.807) is 24.3 Å². The summed E-state index contributed by atoms with van der Waals surface area (Å²) in [5.41, 5.74) is -0.742. The maximum absolute atomic E-state index is 11.5. The van der Waals surface area contributed by atoms with Gasteiger partial charge in [-0.15, -0.1) is 0 Å². The molecule has 0 fully saturated rings. The van der Waals surface area contributed by atoms with Crippen molar-refractivity contribution in [3.63, 3.8) is 0 Å². The van der Waals surface area contributed by atoms with Crippen LogP contribution in [0.4, 0.5) is 5.69 Å². The number of anilines is 1. The molecule has 1 amide bonds. The van der Waals surface area contributed by atoms with Gasteiger partial charge in [-0.25, -0.2) is 0 Å². The van der Waals surface area contributed by atoms with Gasteiger partial charge >= 0.3 is 0 Å². The highest BCUT2D eigenvalue weighted by atomic mass is 16.5. The lowest BCUT2D eigenvalue weighted by molar-refractivity contribution is -0.130. The van der Waals surface area contributed by atoms with Crippen molar-refractivity contribution in [3.8, 4) is 5.75 Å². The molecular weight excluding hydrogens is 206 g/mol. The number of ether oxygens (including phenoxy) is 1. The van der Waals surface area contributed by atoms with Crippen LogP contribution in [-0.4, -0.2) is 23.2 Å². The average molecular weight is 223 g/mol. The second-order valence-electron chi connectivity index (χ2n) is 3.97. The normalized spacial score (nSPS) is 11.0. The van der Waals surface area contributed by atoms with Gasteiger partial charge in [-0.1, -0.05) is 0 Å². The minimum Gasteiger partial charge on any atom is -0.494 e. The molecule has 0 radical (unpaired) electrons. The molecule has 1 rings (SSSR count). The Morgan fingerprint density at radius 3 is 2.38 bits per heavy atom. The van der Waals surface area contributed by atoms with Crippen LogP contribution in [0.5, 0.6) is 5.75 Å². The number of rotatable bonds is 4. The Bertz CT molecular complexity index is 352. The Hall–Kier alpha value is -1.55. The molecule has 0 aliphatic carbocycles. The first-order valence-corrected chi connectivity index (χ1v) is 5.20. The average Bonchev–Trinajstić information content (AvgIpc) is 2.20. The summed E-state index contributed by atoms with van der Waals surface area (Å²) < 4.78 is 5.27. The first-order valence-electron chi connectivity index (χ1n) is 5.20. The number of aliphatic hydroxyl groups is 1. The smallest absolute Gasteiger partial charge is 0.255 e. The van der Waals surface area contributed by atoms with E-state index >= 15 is 0 Å². The molecule has 0 heterocycles. The van der Waals surface area contributed by atoms with Crippen molar-refractivity contribution >= 4 is 11.6 Å². The van der Waals surface area contributed by atoms with E-state index in [9.17, 15) is 9.90 Å². The SMILES string of the molecule is CCOc1ccc(NC(=O)C(C)(C)O)cc1. The van der Waals surface area contributed by atoms with Crippen LogP contribution >= 0.6 is 0 Å². The van der Waals surface area contributed by atoms with Gasteiger partial charge in [0.25, 0.3) is 5.91 Å². The Kier molecular flexibility index (Phi) is 3.90. The molecule has 0 saturated carbocycles. The lowest BCUT2D eigenvalue weighted by Gasteiger charge is -2.16. The fourth-order valence-electron chi connectivity index (χ4n) is 1.09. The quantitative estimate of drug-likeness (QED) is 0.818. The minimum atomic E-state index is -1.38. The van der Waals surface area contributed by atoms with E-state index in [-0.39, 0.29) is 0 Å². The standard InChI is InChI=1S/C12H17NO3/c1-4-16-10-7-5-9(6-8-10)13-11(14)12(2,3)15/h5-8,15H,4H2,1-3H3,(H,13,14). The number of hydrogen-bond acceptors (Lipinski definition) is 3. The zero-order valence-electron chi connectivity index (χ0n) is 9.78. The summed E-state index contributed by atoms with van der Waals surface area (Å²) >= 11 is 0. The summed E-state index contributed by atoms with van der Waals surface area (Å²) in [5, 5.41) is 12.1. The molecule has 0 aliphatic rings. The highest BCUT2D eigenvalue weighted by Gasteiger charge is 2.23. The molecule has 88 valence electrons. The molecule has 4 heteroatoms. The first-order chi connectivity index (χ1) is 7.43. The topological polar surface area (TPSA) is 58.6 Å². The molecule has 1 aromatic carbocycles. The third-order valence-corrected chi connectivity index (χ3v) is 1.98. The van der Waals surface area contributed by atoms with Crippen molar-refractivity contribution in [1.29, 1.82) is 0 Å². The molecule has 0 aliphatic heterocycles. The number of carbonyl (C=O) groups excluding carboxylic acids is 1. The van der Waals surface area contributed by atoms with Gasteiger partial charge in [-0.3, -0.25) is 4.79 Å². The van der Waals surface area contributed by atoms with E-state index in [2.05, 4.69) is 5.32 Å². The second kappa shape index (κ2) is 4.99. The summed E-state index contributed by atoms with van der Waals surface area (Å²) in [6.45, 7) is 5.40. The van der Waals surface area contributed by atoms with Gasteiger partial charge < -0.3 is 15.2 Å². The van der Waals surface area contributed by atoms with Crippen molar-refractivity contribution in [2.45, 2.75) is 26.4 Å². The molecule has 0 unspecified atom stereocenters. The van der Waals surface area contributed by atoms with Gasteiger partial charge in [0.15, 0.2) is 0 Å². The Morgan fingerprint density at radius 1 is 1.38 bits per heavy atom. The monoisotopic (exact) mass is 223 g/mol. The van der Waals surface area contributed by atoms with Crippen molar-refractivity contribution < 1.29 is 14.6 Å². The van der Waals surface area contributed by atoms with Gasteiger partial charge in [0.05, 0.1) is 6.61 Å². The van der Waals surface area contributed by atoms with Crippen LogP contribution in [-0.2, 0) is 4.79 Å². The maximum Gasteiger partial charge on any atom is 0.255 e. The van der Waals surface area contributed by atoms with E-state index in [0.717, 1.165) is 5.75 Å². The maximum atomic E-state index is 11.5. The van der Waals surface area contributed by atoms with Crippen LogP contribution in [0.1, 0.15) is 20.8 Å². The number of hydrogen-bond donors (Lipinski definition) is 2. The Balaban J connectivity index is 2.65. The Morgan fingerprint density at radius 2 is 1.94 bits per heavy atom. The summed E-state index contributed by atoms with van der Waals surface area (Å²) in [6.07, 6.45) is 0. The zero-order valence-corrected chi connectivity index (χ0v) is 9.78. The first kappa shape index (κ1) is 12.5. The van der Waals surface area contributed by atoms with E-state index in [1.165, 1.54) is 13.8 Å². The van der Waals surface area contributed by atoms with E-state index in [0.29, 0.717) is 12.3 Å². The molecule has 0 atom stereocenters. The Labute approximate surface area is 95.2 Å². The van der Waals surface area contributed by atoms with Gasteiger partial charge in [0, 0.05) is 5.69 Å². The van der Waals surface area contributed by atoms with Gasteiger partial charge in [-0.05, 0) is 45.0 Å². The summed E-state index contributed by atoms with van der Waals surface area (Å²) in [6, 6.07) is 7.00. The fraction of sp³-hybridized carbons (Fsp3) is 0.417. The molecule has 0 bridgehead atoms. The second-order valence-corrected chi connectivity index (χ2v) is 3.97. The molecule has 1 aromatic rings. The van der Waals surface area contributed by atoms with Crippen LogP contribution in [0, 0.1) is 0 Å². The number of benzene rings is 1. The molecule has 2 N–H and O–H groups in total. The molecule has 0 spiro atoms. The van der Waals surface area contributed by atoms with Crippen molar-refractivity contribution in [2.75, 3.05) is 11.9 Å². The zero-order chi connectivity index (χ0) is 12.2. The van der Waals surface area contributed by atoms with Crippen LogP contribution in [0.15, 0.2) is 24.3 Å². The van der Waals surface area contributed by atoms with E-state index in [1.807, 2.05) is 6.92 Å². The predicted octanol–water partition coefficient (Wildman–Crippen LogP) is 1.79. The highest BCUT2D eigenvalue weighted by molar-refractivity contribution is 5.96. The largest absolute Gasteiger partial charge is 0.494 e. The van der Waals surface area contributed by atoms with Crippen molar-refractivity contribution in [3.05, 3.63) is 24.3 Å². The third kappa shape index (κ3) is 3.55. The summed E-state index contributed by atoms with van der Waals surface area (Å²) in [4.78, 5) is 11.5. The van der Waals surface area contributed by atoms with Crippen LogP contribution in [0.25, 0.3) is 0 Å². The van der Waals surface area contributed by atoms with Crippen LogP contribution < -0.4 is 10.1 Å². The van der Waals surface area contributed by atoms with Crippen molar-refractivity contribution in [2.24, 2.45) is 0 Å². The molecule has 4 nitrogen and oxygen atoms in total. The third-order valence-electron chi connectivity index (χ3n) is 1.98. The van der Waals surface area contributed by atoms with Crippen molar-refractivity contribution in [1.82, 2.24) is 0 Å². The summed E-state index contributed by atoms with van der Waals surface area (Å²) in [5.74, 6) is 0.320.